The highest BCUT2D eigenvalue weighted by atomic mass is 32.1. The molecule has 0 radical (unpaired) electrons. The van der Waals surface area contributed by atoms with E-state index in [0.29, 0.717) is 36.9 Å². The molecule has 0 aliphatic carbocycles. The highest BCUT2D eigenvalue weighted by Gasteiger charge is 2.27. The molecule has 4 rings (SSSR count). The fourth-order valence-corrected chi connectivity index (χ4v) is 4.95. The number of likely N-dealkylation sites (tertiary alicyclic amines) is 1. The third-order valence-corrected chi connectivity index (χ3v) is 6.83. The summed E-state index contributed by atoms with van der Waals surface area (Å²) in [4.78, 5) is 35.9. The maximum atomic E-state index is 13.0. The fraction of sp³-hybridized carbons (Fsp3) is 0.458. The molecule has 0 unspecified atom stereocenters. The zero-order chi connectivity index (χ0) is 24.1. The van der Waals surface area contributed by atoms with Gasteiger partial charge in [-0.05, 0) is 51.3 Å². The Hall–Kier alpha value is -3.27. The van der Waals surface area contributed by atoms with Crippen molar-refractivity contribution in [1.82, 2.24) is 24.6 Å². The number of thiazole rings is 1. The van der Waals surface area contributed by atoms with Crippen LogP contribution in [0.2, 0.25) is 0 Å². The number of carbonyl (C=O) groups is 2. The standard InChI is InChI=1S/C24H30N6O3S/c1-4-5-13-33-24(32)29-11-8-18(9-12-29)23-27-20(15-34-23)22(31)26-19-7-6-10-25-21(19)30-17(3)14-16(2)28-30/h6-7,10,14-15,18H,4-5,8-9,11-13H2,1-3H3,(H,26,31). The number of ether oxygens (including phenoxy) is 1. The molecule has 0 spiro atoms. The number of hydrogen-bond acceptors (Lipinski definition) is 7. The molecule has 9 nitrogen and oxygen atoms in total. The molecule has 1 N–H and O–H groups in total. The minimum absolute atomic E-state index is 0.231. The first-order valence-electron chi connectivity index (χ1n) is 11.6. The van der Waals surface area contributed by atoms with Crippen LogP contribution in [0.1, 0.15) is 65.4 Å². The Morgan fingerprint density at radius 1 is 1.26 bits per heavy atom. The van der Waals surface area contributed by atoms with Crippen molar-refractivity contribution in [3.05, 3.63) is 51.9 Å². The Balaban J connectivity index is 1.38. The molecule has 1 aliphatic rings. The van der Waals surface area contributed by atoms with E-state index >= 15 is 0 Å². The lowest BCUT2D eigenvalue weighted by Crippen LogP contribution is -2.38. The quantitative estimate of drug-likeness (QED) is 0.489. The molecular formula is C24H30N6O3S. The van der Waals surface area contributed by atoms with Crippen LogP contribution in [-0.2, 0) is 4.74 Å². The number of carbonyl (C=O) groups excluding carboxylic acids is 2. The SMILES string of the molecule is CCCCOC(=O)N1CCC(c2nc(C(=O)Nc3cccnc3-n3nc(C)cc3C)cs2)CC1. The van der Waals surface area contributed by atoms with Crippen molar-refractivity contribution < 1.29 is 14.3 Å². The molecule has 4 heterocycles. The molecule has 0 bridgehead atoms. The third-order valence-electron chi connectivity index (χ3n) is 5.83. The number of piperidine rings is 1. The number of rotatable bonds is 7. The van der Waals surface area contributed by atoms with E-state index in [0.717, 1.165) is 42.1 Å². The van der Waals surface area contributed by atoms with Crippen molar-refractivity contribution in [3.8, 4) is 5.82 Å². The second-order valence-corrected chi connectivity index (χ2v) is 9.36. The normalized spacial score (nSPS) is 14.3. The molecule has 2 amide bonds. The molecular weight excluding hydrogens is 452 g/mol. The van der Waals surface area contributed by atoms with Gasteiger partial charge in [-0.15, -0.1) is 11.3 Å². The molecule has 1 aliphatic heterocycles. The Morgan fingerprint density at radius 2 is 2.06 bits per heavy atom. The predicted octanol–water partition coefficient (Wildman–Crippen LogP) is 4.71. The van der Waals surface area contributed by atoms with Gasteiger partial charge in [0.15, 0.2) is 5.82 Å². The van der Waals surface area contributed by atoms with Crippen LogP contribution in [0.15, 0.2) is 29.8 Å². The predicted molar refractivity (Wildman–Crippen MR) is 131 cm³/mol. The van der Waals surface area contributed by atoms with Crippen LogP contribution >= 0.6 is 11.3 Å². The van der Waals surface area contributed by atoms with Crippen LogP contribution in [-0.4, -0.2) is 56.3 Å². The average molecular weight is 483 g/mol. The first kappa shape index (κ1) is 23.9. The zero-order valence-electron chi connectivity index (χ0n) is 19.8. The van der Waals surface area contributed by atoms with Gasteiger partial charge >= 0.3 is 6.09 Å². The number of hydrogen-bond donors (Lipinski definition) is 1. The third kappa shape index (κ3) is 5.44. The Morgan fingerprint density at radius 3 is 2.76 bits per heavy atom. The summed E-state index contributed by atoms with van der Waals surface area (Å²) in [6, 6.07) is 5.54. The Labute approximate surface area is 203 Å². The van der Waals surface area contributed by atoms with E-state index in [1.807, 2.05) is 19.9 Å². The van der Waals surface area contributed by atoms with Crippen molar-refractivity contribution in [3.63, 3.8) is 0 Å². The average Bonchev–Trinajstić information content (AvgIpc) is 3.46. The van der Waals surface area contributed by atoms with Crippen LogP contribution in [0.5, 0.6) is 0 Å². The van der Waals surface area contributed by atoms with E-state index < -0.39 is 0 Å². The van der Waals surface area contributed by atoms with E-state index in [-0.39, 0.29) is 17.9 Å². The summed E-state index contributed by atoms with van der Waals surface area (Å²) in [5, 5.41) is 10.1. The van der Waals surface area contributed by atoms with Gasteiger partial charge in [0.05, 0.1) is 23.0 Å². The van der Waals surface area contributed by atoms with Gasteiger partial charge in [-0.3, -0.25) is 4.79 Å². The molecule has 3 aromatic rings. The lowest BCUT2D eigenvalue weighted by Gasteiger charge is -2.30. The van der Waals surface area contributed by atoms with Crippen molar-refractivity contribution in [1.29, 1.82) is 0 Å². The van der Waals surface area contributed by atoms with Crippen molar-refractivity contribution in [2.24, 2.45) is 0 Å². The van der Waals surface area contributed by atoms with Crippen molar-refractivity contribution in [2.45, 2.75) is 52.4 Å². The number of aryl methyl sites for hydroxylation is 2. The molecule has 180 valence electrons. The van der Waals surface area contributed by atoms with E-state index in [1.54, 1.807) is 33.3 Å². The van der Waals surface area contributed by atoms with E-state index in [4.69, 9.17) is 4.74 Å². The van der Waals surface area contributed by atoms with Crippen LogP contribution in [0.4, 0.5) is 10.5 Å². The van der Waals surface area contributed by atoms with Crippen LogP contribution in [0, 0.1) is 13.8 Å². The van der Waals surface area contributed by atoms with Gasteiger partial charge in [0.25, 0.3) is 5.91 Å². The lowest BCUT2D eigenvalue weighted by molar-refractivity contribution is 0.0916. The largest absolute Gasteiger partial charge is 0.449 e. The van der Waals surface area contributed by atoms with Crippen LogP contribution < -0.4 is 5.32 Å². The second-order valence-electron chi connectivity index (χ2n) is 8.47. The zero-order valence-corrected chi connectivity index (χ0v) is 20.6. The topological polar surface area (TPSA) is 102 Å². The Bertz CT molecular complexity index is 1150. The summed E-state index contributed by atoms with van der Waals surface area (Å²) in [6.07, 6.45) is 4.94. The minimum Gasteiger partial charge on any atom is -0.449 e. The molecule has 3 aromatic heterocycles. The second kappa shape index (κ2) is 10.8. The highest BCUT2D eigenvalue weighted by Crippen LogP contribution is 2.31. The minimum atomic E-state index is -0.282. The van der Waals surface area contributed by atoms with Gasteiger partial charge in [-0.25, -0.2) is 19.4 Å². The smallest absolute Gasteiger partial charge is 0.409 e. The number of anilines is 1. The molecule has 10 heteroatoms. The summed E-state index contributed by atoms with van der Waals surface area (Å²) in [6.45, 7) is 7.68. The lowest BCUT2D eigenvalue weighted by atomic mass is 9.98. The first-order valence-corrected chi connectivity index (χ1v) is 12.5. The van der Waals surface area contributed by atoms with E-state index in [1.165, 1.54) is 11.3 Å². The first-order chi connectivity index (χ1) is 16.5. The van der Waals surface area contributed by atoms with Gasteiger partial charge in [-0.1, -0.05) is 13.3 Å². The summed E-state index contributed by atoms with van der Waals surface area (Å²) >= 11 is 1.49. The summed E-state index contributed by atoms with van der Waals surface area (Å²) in [5.74, 6) is 0.514. The van der Waals surface area contributed by atoms with E-state index in [2.05, 4.69) is 27.3 Å². The van der Waals surface area contributed by atoms with Crippen molar-refractivity contribution >= 4 is 29.0 Å². The highest BCUT2D eigenvalue weighted by molar-refractivity contribution is 7.10. The number of amides is 2. The fourth-order valence-electron chi connectivity index (χ4n) is 3.98. The molecule has 0 saturated carbocycles. The van der Waals surface area contributed by atoms with Gasteiger partial charge in [0.2, 0.25) is 0 Å². The molecule has 0 atom stereocenters. The maximum absolute atomic E-state index is 13.0. The number of aromatic nitrogens is 4. The number of nitrogens with zero attached hydrogens (tertiary/aromatic N) is 5. The molecule has 34 heavy (non-hydrogen) atoms. The number of nitrogens with one attached hydrogen (secondary N) is 1. The number of unbranched alkanes of at least 4 members (excludes halogenated alkanes) is 1. The van der Waals surface area contributed by atoms with Gasteiger partial charge in [-0.2, -0.15) is 5.10 Å². The maximum Gasteiger partial charge on any atom is 0.409 e. The van der Waals surface area contributed by atoms with Crippen LogP contribution in [0.3, 0.4) is 0 Å². The molecule has 1 saturated heterocycles. The van der Waals surface area contributed by atoms with Gasteiger partial charge in [0.1, 0.15) is 5.69 Å². The summed E-state index contributed by atoms with van der Waals surface area (Å²) in [5.41, 5.74) is 2.76. The van der Waals surface area contributed by atoms with Gasteiger partial charge < -0.3 is 15.0 Å². The van der Waals surface area contributed by atoms with E-state index in [9.17, 15) is 9.59 Å². The Kier molecular flexibility index (Phi) is 7.56. The summed E-state index contributed by atoms with van der Waals surface area (Å²) < 4.78 is 7.04. The van der Waals surface area contributed by atoms with Gasteiger partial charge in [0, 0.05) is 36.3 Å². The number of pyridine rings is 1. The summed E-state index contributed by atoms with van der Waals surface area (Å²) in [7, 11) is 0. The molecule has 1 fully saturated rings. The van der Waals surface area contributed by atoms with Crippen LogP contribution in [0.25, 0.3) is 5.82 Å². The van der Waals surface area contributed by atoms with Crippen molar-refractivity contribution in [2.75, 3.05) is 25.0 Å². The molecule has 0 aromatic carbocycles. The monoisotopic (exact) mass is 482 g/mol.